The minimum atomic E-state index is -0.266. The highest BCUT2D eigenvalue weighted by atomic mass is 16.4. The van der Waals surface area contributed by atoms with Crippen molar-refractivity contribution in [3.8, 4) is 0 Å². The van der Waals surface area contributed by atoms with Crippen LogP contribution in [0.5, 0.6) is 0 Å². The highest BCUT2D eigenvalue weighted by Gasteiger charge is 2.10. The maximum atomic E-state index is 12.4. The fourth-order valence-corrected chi connectivity index (χ4v) is 2.98. The summed E-state index contributed by atoms with van der Waals surface area (Å²) in [6, 6.07) is 16.2. The Morgan fingerprint density at radius 3 is 2.24 bits per heavy atom. The van der Waals surface area contributed by atoms with Gasteiger partial charge in [-0.15, -0.1) is 0 Å². The van der Waals surface area contributed by atoms with Crippen molar-refractivity contribution in [2.24, 2.45) is 0 Å². The topological polar surface area (TPSA) is 30.2 Å². The van der Waals surface area contributed by atoms with Crippen LogP contribution in [0.1, 0.15) is 11.1 Å². The molecule has 0 aliphatic carbocycles. The lowest BCUT2D eigenvalue weighted by molar-refractivity contribution is 0.570. The summed E-state index contributed by atoms with van der Waals surface area (Å²) in [7, 11) is 0. The molecule has 0 spiro atoms. The lowest BCUT2D eigenvalue weighted by Gasteiger charge is -2.07. The Morgan fingerprint density at radius 2 is 1.43 bits per heavy atom. The van der Waals surface area contributed by atoms with E-state index >= 15 is 0 Å². The summed E-state index contributed by atoms with van der Waals surface area (Å²) >= 11 is 0. The summed E-state index contributed by atoms with van der Waals surface area (Å²) in [6.07, 6.45) is 0. The van der Waals surface area contributed by atoms with Crippen molar-refractivity contribution in [2.45, 2.75) is 13.8 Å². The Kier molecular flexibility index (Phi) is 2.43. The highest BCUT2D eigenvalue weighted by molar-refractivity contribution is 6.15. The molecule has 4 aromatic rings. The third-order valence-corrected chi connectivity index (χ3v) is 4.01. The molecular formula is C19H14O2. The van der Waals surface area contributed by atoms with Crippen LogP contribution in [-0.4, -0.2) is 0 Å². The molecule has 2 heteroatoms. The number of benzene rings is 3. The molecule has 0 amide bonds. The van der Waals surface area contributed by atoms with E-state index in [1.165, 1.54) is 5.56 Å². The predicted molar refractivity (Wildman–Crippen MR) is 87.0 cm³/mol. The Bertz CT molecular complexity index is 1070. The number of hydrogen-bond donors (Lipinski definition) is 0. The average molecular weight is 274 g/mol. The van der Waals surface area contributed by atoms with Gasteiger partial charge in [-0.05, 0) is 36.2 Å². The van der Waals surface area contributed by atoms with Crippen LogP contribution in [0, 0.1) is 13.8 Å². The van der Waals surface area contributed by atoms with Gasteiger partial charge in [0.05, 0.1) is 5.39 Å². The molecule has 0 saturated heterocycles. The fourth-order valence-electron chi connectivity index (χ4n) is 2.98. The molecule has 0 radical (unpaired) electrons. The lowest BCUT2D eigenvalue weighted by Crippen LogP contribution is -2.01. The number of fused-ring (bicyclic) bond motifs is 5. The monoisotopic (exact) mass is 274 g/mol. The smallest absolute Gasteiger partial charge is 0.344 e. The second kappa shape index (κ2) is 4.19. The fraction of sp³-hybridized carbons (Fsp3) is 0.105. The molecule has 0 bridgehead atoms. The van der Waals surface area contributed by atoms with E-state index in [2.05, 4.69) is 19.1 Å². The third-order valence-electron chi connectivity index (χ3n) is 4.01. The molecule has 0 aliphatic rings. The van der Waals surface area contributed by atoms with Crippen LogP contribution < -0.4 is 5.63 Å². The first-order chi connectivity index (χ1) is 10.1. The first kappa shape index (κ1) is 12.2. The van der Waals surface area contributed by atoms with E-state index in [9.17, 15) is 4.79 Å². The molecule has 0 N–H and O–H groups in total. The average Bonchev–Trinajstić information content (AvgIpc) is 2.46. The molecule has 1 heterocycles. The number of rotatable bonds is 0. The zero-order chi connectivity index (χ0) is 14.6. The van der Waals surface area contributed by atoms with Crippen molar-refractivity contribution in [1.29, 1.82) is 0 Å². The molecule has 0 aliphatic heterocycles. The zero-order valence-corrected chi connectivity index (χ0v) is 11.9. The second-order valence-electron chi connectivity index (χ2n) is 5.60. The zero-order valence-electron chi connectivity index (χ0n) is 11.9. The van der Waals surface area contributed by atoms with Crippen LogP contribution in [0.2, 0.25) is 0 Å². The molecule has 102 valence electrons. The van der Waals surface area contributed by atoms with Gasteiger partial charge in [-0.25, -0.2) is 4.79 Å². The van der Waals surface area contributed by atoms with E-state index < -0.39 is 0 Å². The number of hydrogen-bond acceptors (Lipinski definition) is 2. The van der Waals surface area contributed by atoms with Crippen LogP contribution in [-0.2, 0) is 0 Å². The molecular weight excluding hydrogens is 260 g/mol. The van der Waals surface area contributed by atoms with Crippen molar-refractivity contribution in [1.82, 2.24) is 0 Å². The first-order valence-electron chi connectivity index (χ1n) is 7.00. The van der Waals surface area contributed by atoms with Crippen molar-refractivity contribution in [2.75, 3.05) is 0 Å². The van der Waals surface area contributed by atoms with Gasteiger partial charge in [-0.3, -0.25) is 0 Å². The van der Waals surface area contributed by atoms with Gasteiger partial charge in [-0.2, -0.15) is 0 Å². The van der Waals surface area contributed by atoms with Crippen molar-refractivity contribution in [3.63, 3.8) is 0 Å². The van der Waals surface area contributed by atoms with Gasteiger partial charge in [0.25, 0.3) is 0 Å². The van der Waals surface area contributed by atoms with Gasteiger partial charge in [0.2, 0.25) is 0 Å². The summed E-state index contributed by atoms with van der Waals surface area (Å²) < 4.78 is 5.54. The largest absolute Gasteiger partial charge is 0.422 e. The van der Waals surface area contributed by atoms with E-state index in [0.717, 1.165) is 27.1 Å². The lowest BCUT2D eigenvalue weighted by atomic mass is 9.99. The van der Waals surface area contributed by atoms with Gasteiger partial charge >= 0.3 is 5.63 Å². The maximum Gasteiger partial charge on any atom is 0.344 e. The van der Waals surface area contributed by atoms with Gasteiger partial charge in [-0.1, -0.05) is 48.0 Å². The summed E-state index contributed by atoms with van der Waals surface area (Å²) in [5.41, 5.74) is 2.65. The SMILES string of the molecule is Cc1ccc2c(ccc3c4ccc(C)cc4oc(=O)c23)c1. The van der Waals surface area contributed by atoms with Gasteiger partial charge in [0.15, 0.2) is 0 Å². The Hall–Kier alpha value is -2.61. The quantitative estimate of drug-likeness (QED) is 0.343. The molecule has 0 atom stereocenters. The third kappa shape index (κ3) is 1.76. The predicted octanol–water partition coefficient (Wildman–Crippen LogP) is 4.72. The minimum absolute atomic E-state index is 0.266. The van der Waals surface area contributed by atoms with Crippen LogP contribution in [0.25, 0.3) is 32.5 Å². The van der Waals surface area contributed by atoms with Gasteiger partial charge in [0, 0.05) is 10.8 Å². The van der Waals surface area contributed by atoms with E-state index in [0.29, 0.717) is 11.0 Å². The van der Waals surface area contributed by atoms with Crippen LogP contribution in [0.15, 0.2) is 57.7 Å². The summed E-state index contributed by atoms with van der Waals surface area (Å²) in [5.74, 6) is 0. The summed E-state index contributed by atoms with van der Waals surface area (Å²) in [5, 5.41) is 4.63. The van der Waals surface area contributed by atoms with Crippen LogP contribution in [0.3, 0.4) is 0 Å². The molecule has 1 aromatic heterocycles. The van der Waals surface area contributed by atoms with E-state index in [-0.39, 0.29) is 5.63 Å². The van der Waals surface area contributed by atoms with E-state index in [1.54, 1.807) is 0 Å². The normalized spacial score (nSPS) is 11.5. The van der Waals surface area contributed by atoms with Crippen LogP contribution >= 0.6 is 0 Å². The summed E-state index contributed by atoms with van der Waals surface area (Å²) in [4.78, 5) is 12.4. The second-order valence-corrected chi connectivity index (χ2v) is 5.60. The maximum absolute atomic E-state index is 12.4. The molecule has 3 aromatic carbocycles. The number of aryl methyl sites for hydroxylation is 2. The van der Waals surface area contributed by atoms with E-state index in [4.69, 9.17) is 4.42 Å². The van der Waals surface area contributed by atoms with Crippen LogP contribution in [0.4, 0.5) is 0 Å². The Morgan fingerprint density at radius 1 is 0.762 bits per heavy atom. The summed E-state index contributed by atoms with van der Waals surface area (Å²) in [6.45, 7) is 4.04. The van der Waals surface area contributed by atoms with Crippen molar-refractivity contribution >= 4 is 32.5 Å². The van der Waals surface area contributed by atoms with Gasteiger partial charge in [0.1, 0.15) is 5.58 Å². The molecule has 2 nitrogen and oxygen atoms in total. The molecule has 0 fully saturated rings. The first-order valence-corrected chi connectivity index (χ1v) is 7.00. The van der Waals surface area contributed by atoms with Crippen molar-refractivity contribution < 1.29 is 4.42 Å². The Balaban J connectivity index is 2.30. The Labute approximate surface area is 121 Å². The highest BCUT2D eigenvalue weighted by Crippen LogP contribution is 2.29. The molecule has 0 saturated carbocycles. The van der Waals surface area contributed by atoms with Crippen molar-refractivity contribution in [3.05, 3.63) is 70.1 Å². The minimum Gasteiger partial charge on any atom is -0.422 e. The van der Waals surface area contributed by atoms with Gasteiger partial charge < -0.3 is 4.42 Å². The molecule has 21 heavy (non-hydrogen) atoms. The standard InChI is InChI=1S/C19H14O2/c1-11-3-6-14-13(9-11)5-8-16-15-7-4-12(2)10-17(15)21-19(20)18(14)16/h3-10H,1-2H3. The molecule has 0 unspecified atom stereocenters. The van der Waals surface area contributed by atoms with E-state index in [1.807, 2.05) is 43.3 Å². The molecule has 4 rings (SSSR count).